The zero-order valence-electron chi connectivity index (χ0n) is 11.6. The van der Waals surface area contributed by atoms with Crippen LogP contribution in [0, 0.1) is 0 Å². The first-order valence-electron chi connectivity index (χ1n) is 6.23. The summed E-state index contributed by atoms with van der Waals surface area (Å²) >= 11 is 6.12. The van der Waals surface area contributed by atoms with Crippen LogP contribution < -0.4 is 16.0 Å². The molecule has 0 fully saturated rings. The lowest BCUT2D eigenvalue weighted by Crippen LogP contribution is -2.40. The van der Waals surface area contributed by atoms with Crippen molar-refractivity contribution in [1.29, 1.82) is 0 Å². The van der Waals surface area contributed by atoms with Crippen molar-refractivity contribution in [1.82, 2.24) is 10.3 Å². The molecule has 0 unspecified atom stereocenters. The summed E-state index contributed by atoms with van der Waals surface area (Å²) in [6.45, 7) is 1.20. The average Bonchev–Trinajstić information content (AvgIpc) is 2.45. The second-order valence-corrected chi connectivity index (χ2v) is 6.64. The number of hydrogen-bond donors (Lipinski definition) is 3. The van der Waals surface area contributed by atoms with Crippen LogP contribution in [0.2, 0.25) is 5.02 Å². The normalized spacial score (nSPS) is 11.2. The summed E-state index contributed by atoms with van der Waals surface area (Å²) in [5, 5.41) is 0.479. The van der Waals surface area contributed by atoms with Gasteiger partial charge in [0.05, 0.1) is 9.92 Å². The lowest BCUT2D eigenvalue weighted by atomic mass is 10.1. The number of nitrogens with one attached hydrogen (secondary N) is 2. The van der Waals surface area contributed by atoms with Crippen LogP contribution in [0.3, 0.4) is 0 Å². The van der Waals surface area contributed by atoms with Gasteiger partial charge in [0.25, 0.3) is 10.0 Å². The summed E-state index contributed by atoms with van der Waals surface area (Å²) in [6, 6.07) is 11.2. The summed E-state index contributed by atoms with van der Waals surface area (Å²) in [4.78, 5) is 12.8. The fourth-order valence-corrected chi connectivity index (χ4v) is 2.97. The smallest absolute Gasteiger partial charge is 0.257 e. The molecule has 0 spiro atoms. The van der Waals surface area contributed by atoms with Crippen molar-refractivity contribution < 1.29 is 13.2 Å². The highest BCUT2D eigenvalue weighted by molar-refractivity contribution is 7.89. The van der Waals surface area contributed by atoms with Crippen molar-refractivity contribution in [2.45, 2.75) is 11.8 Å². The molecule has 22 heavy (non-hydrogen) atoms. The molecule has 0 saturated carbocycles. The summed E-state index contributed by atoms with van der Waals surface area (Å²) < 4.78 is 23.9. The highest BCUT2D eigenvalue weighted by Gasteiger charge is 2.14. The lowest BCUT2D eigenvalue weighted by Gasteiger charge is -2.09. The van der Waals surface area contributed by atoms with E-state index in [2.05, 4.69) is 0 Å². The number of hydrazine groups is 1. The van der Waals surface area contributed by atoms with Crippen LogP contribution in [-0.2, 0) is 14.8 Å². The number of anilines is 1. The predicted molar refractivity (Wildman–Crippen MR) is 85.4 cm³/mol. The van der Waals surface area contributed by atoms with E-state index in [1.54, 1.807) is 30.3 Å². The maximum Gasteiger partial charge on any atom is 0.257 e. The van der Waals surface area contributed by atoms with Crippen LogP contribution in [0.4, 0.5) is 5.69 Å². The molecule has 0 aliphatic rings. The highest BCUT2D eigenvalue weighted by atomic mass is 35.5. The van der Waals surface area contributed by atoms with Crippen LogP contribution >= 0.6 is 11.6 Å². The highest BCUT2D eigenvalue weighted by Crippen LogP contribution is 2.30. The first-order valence-corrected chi connectivity index (χ1v) is 8.09. The van der Waals surface area contributed by atoms with Gasteiger partial charge >= 0.3 is 0 Å². The van der Waals surface area contributed by atoms with Crippen LogP contribution in [0.1, 0.15) is 6.92 Å². The minimum Gasteiger partial charge on any atom is -0.399 e. The number of rotatable bonds is 4. The molecule has 0 aliphatic carbocycles. The van der Waals surface area contributed by atoms with Crippen LogP contribution in [0.25, 0.3) is 11.1 Å². The van der Waals surface area contributed by atoms with Gasteiger partial charge in [-0.3, -0.25) is 10.2 Å². The molecule has 0 aromatic heterocycles. The molecule has 0 atom stereocenters. The Hall–Kier alpha value is -2.09. The van der Waals surface area contributed by atoms with Gasteiger partial charge in [-0.2, -0.15) is 0 Å². The molecular weight excluding hydrogens is 326 g/mol. The van der Waals surface area contributed by atoms with Gasteiger partial charge < -0.3 is 5.73 Å². The Kier molecular flexibility index (Phi) is 4.70. The third-order valence-electron chi connectivity index (χ3n) is 2.83. The van der Waals surface area contributed by atoms with E-state index in [0.29, 0.717) is 10.7 Å². The standard InChI is InChI=1S/C14H14ClN3O3S/c1-9(19)17-18-22(20,21)12-5-2-10(3-6-12)13-7-4-11(16)8-14(13)15/h2-8,18H,16H2,1H3,(H,17,19). The Morgan fingerprint density at radius 1 is 1.14 bits per heavy atom. The van der Waals surface area contributed by atoms with E-state index < -0.39 is 15.9 Å². The maximum absolute atomic E-state index is 11.9. The largest absolute Gasteiger partial charge is 0.399 e. The Bertz CT molecular complexity index is 805. The fraction of sp³-hybridized carbons (Fsp3) is 0.0714. The molecular formula is C14H14ClN3O3S. The summed E-state index contributed by atoms with van der Waals surface area (Å²) in [5.41, 5.74) is 9.72. The molecule has 0 saturated heterocycles. The van der Waals surface area contributed by atoms with Gasteiger partial charge in [0.2, 0.25) is 5.91 Å². The van der Waals surface area contributed by atoms with E-state index in [4.69, 9.17) is 17.3 Å². The van der Waals surface area contributed by atoms with Crippen molar-refractivity contribution in [3.8, 4) is 11.1 Å². The average molecular weight is 340 g/mol. The minimum atomic E-state index is -3.81. The van der Waals surface area contributed by atoms with Gasteiger partial charge in [0, 0.05) is 18.2 Å². The third kappa shape index (κ3) is 3.76. The number of amides is 1. The van der Waals surface area contributed by atoms with Crippen molar-refractivity contribution in [2.24, 2.45) is 0 Å². The predicted octanol–water partition coefficient (Wildman–Crippen LogP) is 1.92. The minimum absolute atomic E-state index is 0.0246. The monoisotopic (exact) mass is 339 g/mol. The Morgan fingerprint density at radius 2 is 1.77 bits per heavy atom. The Morgan fingerprint density at radius 3 is 2.32 bits per heavy atom. The van der Waals surface area contributed by atoms with Gasteiger partial charge in [-0.1, -0.05) is 29.8 Å². The number of halogens is 1. The molecule has 0 bridgehead atoms. The molecule has 2 rings (SSSR count). The van der Waals surface area contributed by atoms with E-state index in [-0.39, 0.29) is 4.90 Å². The quantitative estimate of drug-likeness (QED) is 0.585. The SMILES string of the molecule is CC(=O)NNS(=O)(=O)c1ccc(-c2ccc(N)cc2Cl)cc1. The number of carbonyl (C=O) groups is 1. The topological polar surface area (TPSA) is 101 Å². The van der Waals surface area contributed by atoms with Crippen LogP contribution in [0.15, 0.2) is 47.4 Å². The molecule has 2 aromatic carbocycles. The van der Waals surface area contributed by atoms with Crippen molar-refractivity contribution >= 4 is 33.2 Å². The van der Waals surface area contributed by atoms with E-state index in [1.165, 1.54) is 19.1 Å². The van der Waals surface area contributed by atoms with E-state index in [9.17, 15) is 13.2 Å². The van der Waals surface area contributed by atoms with Gasteiger partial charge in [0.15, 0.2) is 0 Å². The number of sulfonamides is 1. The zero-order chi connectivity index (χ0) is 16.3. The van der Waals surface area contributed by atoms with Crippen molar-refractivity contribution in [3.05, 3.63) is 47.5 Å². The van der Waals surface area contributed by atoms with Crippen molar-refractivity contribution in [2.75, 3.05) is 5.73 Å². The number of carbonyl (C=O) groups excluding carboxylic acids is 1. The Labute approximate surface area is 133 Å². The van der Waals surface area contributed by atoms with E-state index in [1.807, 2.05) is 10.3 Å². The van der Waals surface area contributed by atoms with Crippen LogP contribution in [-0.4, -0.2) is 14.3 Å². The maximum atomic E-state index is 11.9. The van der Waals surface area contributed by atoms with E-state index >= 15 is 0 Å². The Balaban J connectivity index is 2.29. The molecule has 116 valence electrons. The number of hydrogen-bond acceptors (Lipinski definition) is 4. The molecule has 0 heterocycles. The molecule has 4 N–H and O–H groups in total. The first kappa shape index (κ1) is 16.3. The first-order chi connectivity index (χ1) is 10.3. The summed E-state index contributed by atoms with van der Waals surface area (Å²) in [5.74, 6) is -0.506. The van der Waals surface area contributed by atoms with Crippen molar-refractivity contribution in [3.63, 3.8) is 0 Å². The summed E-state index contributed by atoms with van der Waals surface area (Å²) in [6.07, 6.45) is 0. The second kappa shape index (κ2) is 6.35. The molecule has 8 heteroatoms. The lowest BCUT2D eigenvalue weighted by molar-refractivity contribution is -0.119. The summed E-state index contributed by atoms with van der Waals surface area (Å²) in [7, 11) is -3.81. The second-order valence-electron chi connectivity index (χ2n) is 4.55. The van der Waals surface area contributed by atoms with Gasteiger partial charge in [0.1, 0.15) is 0 Å². The zero-order valence-corrected chi connectivity index (χ0v) is 13.2. The van der Waals surface area contributed by atoms with Gasteiger partial charge in [-0.25, -0.2) is 8.42 Å². The van der Waals surface area contributed by atoms with Crippen LogP contribution in [0.5, 0.6) is 0 Å². The molecule has 0 radical (unpaired) electrons. The molecule has 6 nitrogen and oxygen atoms in total. The van der Waals surface area contributed by atoms with Gasteiger partial charge in [-0.15, -0.1) is 4.83 Å². The molecule has 2 aromatic rings. The van der Waals surface area contributed by atoms with E-state index in [0.717, 1.165) is 11.1 Å². The third-order valence-corrected chi connectivity index (χ3v) is 4.41. The number of nitrogens with two attached hydrogens (primary N) is 1. The molecule has 0 aliphatic heterocycles. The number of benzene rings is 2. The fourth-order valence-electron chi connectivity index (χ4n) is 1.78. The molecule has 1 amide bonds. The van der Waals surface area contributed by atoms with Gasteiger partial charge in [-0.05, 0) is 29.8 Å². The number of nitrogen functional groups attached to an aromatic ring is 1.